The highest BCUT2D eigenvalue weighted by Gasteiger charge is 2.38. The zero-order valence-corrected chi connectivity index (χ0v) is 22.0. The number of thiazole rings is 1. The summed E-state index contributed by atoms with van der Waals surface area (Å²) < 4.78 is 67.4. The second-order valence-corrected chi connectivity index (χ2v) is 10.8. The van der Waals surface area contributed by atoms with Crippen LogP contribution in [0.1, 0.15) is 78.2 Å². The number of anilines is 1. The van der Waals surface area contributed by atoms with Crippen molar-refractivity contribution < 1.29 is 36.6 Å². The third kappa shape index (κ3) is 6.06. The lowest BCUT2D eigenvalue weighted by Gasteiger charge is -2.22. The van der Waals surface area contributed by atoms with Gasteiger partial charge in [-0.3, -0.25) is 9.59 Å². The molecule has 2 aliphatic rings. The zero-order chi connectivity index (χ0) is 28.6. The van der Waals surface area contributed by atoms with Crippen LogP contribution in [0.2, 0.25) is 0 Å². The van der Waals surface area contributed by atoms with E-state index in [9.17, 15) is 36.6 Å². The lowest BCUT2D eigenvalue weighted by atomic mass is 10.1. The molecule has 2 amide bonds. The molecule has 0 spiro atoms. The topological polar surface area (TPSA) is 107 Å². The minimum absolute atomic E-state index is 0.0674. The molecule has 0 bridgehead atoms. The number of pyridine rings is 1. The highest BCUT2D eigenvalue weighted by atomic mass is 32.1. The number of alkyl halides is 5. The van der Waals surface area contributed by atoms with Crippen LogP contribution in [0.3, 0.4) is 0 Å². The molecule has 4 atom stereocenters. The first-order valence-electron chi connectivity index (χ1n) is 12.4. The Hall–Kier alpha value is -3.13. The van der Waals surface area contributed by atoms with Gasteiger partial charge in [0.05, 0.1) is 17.0 Å². The number of aromatic nitrogens is 2. The summed E-state index contributed by atoms with van der Waals surface area (Å²) in [5, 5.41) is 14.6. The molecule has 2 aromatic rings. The average Bonchev–Trinajstić information content (AvgIpc) is 3.57. The Balaban J connectivity index is 1.77. The summed E-state index contributed by atoms with van der Waals surface area (Å²) in [6, 6.07) is -2.01. The first kappa shape index (κ1) is 28.9. The van der Waals surface area contributed by atoms with Crippen molar-refractivity contribution in [3.8, 4) is 10.4 Å². The van der Waals surface area contributed by atoms with Gasteiger partial charge in [-0.2, -0.15) is 13.2 Å². The van der Waals surface area contributed by atoms with E-state index in [-0.39, 0.29) is 27.2 Å². The number of allylic oxidation sites excluding steroid dienone is 1. The van der Waals surface area contributed by atoms with Crippen LogP contribution in [0.15, 0.2) is 24.5 Å². The second-order valence-electron chi connectivity index (χ2n) is 9.77. The van der Waals surface area contributed by atoms with Crippen LogP contribution >= 0.6 is 11.3 Å². The van der Waals surface area contributed by atoms with Gasteiger partial charge in [0.25, 0.3) is 18.2 Å². The number of carbonyl (C=O) groups is 2. The molecule has 212 valence electrons. The Morgan fingerprint density at radius 3 is 2.54 bits per heavy atom. The predicted octanol–water partition coefficient (Wildman–Crippen LogP) is 5.29. The molecular weight excluding hydrogens is 545 g/mol. The van der Waals surface area contributed by atoms with Gasteiger partial charge in [0.15, 0.2) is 5.01 Å². The van der Waals surface area contributed by atoms with Crippen molar-refractivity contribution in [1.29, 1.82) is 0 Å². The number of nitrogens with zero attached hydrogens (tertiary/aromatic N) is 3. The maximum absolute atomic E-state index is 14.2. The van der Waals surface area contributed by atoms with E-state index in [1.807, 2.05) is 0 Å². The van der Waals surface area contributed by atoms with Crippen LogP contribution < -0.4 is 10.6 Å². The van der Waals surface area contributed by atoms with E-state index >= 15 is 0 Å². The van der Waals surface area contributed by atoms with Gasteiger partial charge < -0.3 is 20.6 Å². The standard InChI is InChI=1S/C25H28F5N5O3S/c1-11-7-8-12(2)35(11)24(38)19-20(39-23(34-19)22(37)33-16-5-4-6-17(16)36)15-10-31-18(9-14(15)21(26)27)32-13(3)25(28,29)30/h9-10,12-13,16-17,21,36H,1,4-8H2,2-3H3,(H,31,32)(H,33,37)/t12?,13-,16-,17-/m0/s1. The molecular formula is C25H28F5N5O3S. The van der Waals surface area contributed by atoms with Crippen molar-refractivity contribution in [1.82, 2.24) is 20.2 Å². The van der Waals surface area contributed by atoms with E-state index in [0.717, 1.165) is 19.2 Å². The number of rotatable bonds is 7. The van der Waals surface area contributed by atoms with Gasteiger partial charge in [0, 0.05) is 29.1 Å². The number of hydrogen-bond donors (Lipinski definition) is 3. The van der Waals surface area contributed by atoms with E-state index in [1.54, 1.807) is 6.92 Å². The molecule has 1 saturated heterocycles. The quantitative estimate of drug-likeness (QED) is 0.389. The number of nitrogens with one attached hydrogen (secondary N) is 2. The molecule has 3 heterocycles. The number of aliphatic hydroxyl groups is 1. The summed E-state index contributed by atoms with van der Waals surface area (Å²) in [6.45, 7) is 6.52. The largest absolute Gasteiger partial charge is 0.408 e. The molecule has 8 nitrogen and oxygen atoms in total. The van der Waals surface area contributed by atoms with E-state index in [2.05, 4.69) is 27.2 Å². The highest BCUT2D eigenvalue weighted by molar-refractivity contribution is 7.17. The summed E-state index contributed by atoms with van der Waals surface area (Å²) in [6.07, 6.45) is -4.60. The molecule has 2 fully saturated rings. The molecule has 1 aliphatic carbocycles. The third-order valence-electron chi connectivity index (χ3n) is 6.94. The molecule has 1 saturated carbocycles. The van der Waals surface area contributed by atoms with Crippen molar-refractivity contribution in [3.63, 3.8) is 0 Å². The summed E-state index contributed by atoms with van der Waals surface area (Å²) in [4.78, 5) is 36.0. The lowest BCUT2D eigenvalue weighted by molar-refractivity contribution is -0.138. The number of amides is 2. The molecule has 0 aromatic carbocycles. The van der Waals surface area contributed by atoms with Crippen molar-refractivity contribution >= 4 is 29.0 Å². The smallest absolute Gasteiger partial charge is 0.391 e. The van der Waals surface area contributed by atoms with Crippen LogP contribution in [-0.4, -0.2) is 62.2 Å². The van der Waals surface area contributed by atoms with Gasteiger partial charge in [0.2, 0.25) is 0 Å². The Bertz CT molecular complexity index is 1270. The van der Waals surface area contributed by atoms with Gasteiger partial charge >= 0.3 is 6.18 Å². The third-order valence-corrected chi connectivity index (χ3v) is 8.03. The van der Waals surface area contributed by atoms with Crippen LogP contribution in [0.5, 0.6) is 0 Å². The monoisotopic (exact) mass is 573 g/mol. The fourth-order valence-corrected chi connectivity index (χ4v) is 5.69. The minimum atomic E-state index is -4.63. The number of carbonyl (C=O) groups excluding carboxylic acids is 2. The summed E-state index contributed by atoms with van der Waals surface area (Å²) in [5.41, 5.74) is -0.654. The van der Waals surface area contributed by atoms with Gasteiger partial charge in [-0.25, -0.2) is 18.7 Å². The molecule has 0 radical (unpaired) electrons. The highest BCUT2D eigenvalue weighted by Crippen LogP contribution is 2.40. The summed E-state index contributed by atoms with van der Waals surface area (Å²) >= 11 is 0.695. The summed E-state index contributed by atoms with van der Waals surface area (Å²) in [5.74, 6) is -1.74. The Morgan fingerprint density at radius 2 is 1.97 bits per heavy atom. The first-order chi connectivity index (χ1) is 18.3. The fourth-order valence-electron chi connectivity index (χ4n) is 4.70. The summed E-state index contributed by atoms with van der Waals surface area (Å²) in [7, 11) is 0. The molecule has 1 aliphatic heterocycles. The number of aliphatic hydroxyl groups excluding tert-OH is 1. The van der Waals surface area contributed by atoms with Crippen LogP contribution in [-0.2, 0) is 0 Å². The minimum Gasteiger partial charge on any atom is -0.391 e. The van der Waals surface area contributed by atoms with Gasteiger partial charge in [-0.15, -0.1) is 11.3 Å². The van der Waals surface area contributed by atoms with Crippen LogP contribution in [0, 0.1) is 0 Å². The molecule has 14 heteroatoms. The average molecular weight is 574 g/mol. The number of likely N-dealkylation sites (tertiary alicyclic amines) is 1. The molecule has 39 heavy (non-hydrogen) atoms. The maximum Gasteiger partial charge on any atom is 0.408 e. The van der Waals surface area contributed by atoms with E-state index in [0.29, 0.717) is 49.1 Å². The predicted molar refractivity (Wildman–Crippen MR) is 135 cm³/mol. The first-order valence-corrected chi connectivity index (χ1v) is 13.2. The van der Waals surface area contributed by atoms with Crippen molar-refractivity contribution in [2.24, 2.45) is 0 Å². The van der Waals surface area contributed by atoms with E-state index < -0.39 is 54.0 Å². The normalized spacial score (nSPS) is 22.4. The zero-order valence-electron chi connectivity index (χ0n) is 21.2. The van der Waals surface area contributed by atoms with Crippen LogP contribution in [0.25, 0.3) is 10.4 Å². The van der Waals surface area contributed by atoms with Crippen molar-refractivity contribution in [2.45, 2.75) is 82.8 Å². The van der Waals surface area contributed by atoms with E-state index in [1.165, 1.54) is 4.90 Å². The SMILES string of the molecule is C=C1CCC(C)N1C(=O)c1nc(C(=O)N[C@H]2CCC[C@@H]2O)sc1-c1cnc(N[C@@H](C)C(F)(F)F)cc1C(F)F. The van der Waals surface area contributed by atoms with Crippen LogP contribution in [0.4, 0.5) is 27.8 Å². The van der Waals surface area contributed by atoms with Crippen molar-refractivity contribution in [2.75, 3.05) is 5.32 Å². The Labute approximate surface area is 225 Å². The van der Waals surface area contributed by atoms with Gasteiger partial charge in [-0.1, -0.05) is 6.58 Å². The second kappa shape index (κ2) is 11.2. The number of halogens is 5. The molecule has 1 unspecified atom stereocenters. The van der Waals surface area contributed by atoms with Gasteiger partial charge in [0.1, 0.15) is 17.6 Å². The van der Waals surface area contributed by atoms with Gasteiger partial charge in [-0.05, 0) is 52.0 Å². The lowest BCUT2D eigenvalue weighted by Crippen LogP contribution is -2.39. The number of hydrogen-bond acceptors (Lipinski definition) is 7. The van der Waals surface area contributed by atoms with E-state index in [4.69, 9.17) is 0 Å². The Morgan fingerprint density at radius 1 is 1.26 bits per heavy atom. The Kier molecular flexibility index (Phi) is 8.26. The molecule has 2 aromatic heterocycles. The fraction of sp³-hybridized carbons (Fsp3) is 0.520. The molecule has 4 rings (SSSR count). The maximum atomic E-state index is 14.2. The van der Waals surface area contributed by atoms with Crippen molar-refractivity contribution in [3.05, 3.63) is 40.8 Å². The molecule has 3 N–H and O–H groups in total.